The topological polar surface area (TPSA) is 138 Å². The number of rotatable bonds is 5. The van der Waals surface area contributed by atoms with Gasteiger partial charge in [-0.25, -0.2) is 4.98 Å². The van der Waals surface area contributed by atoms with Gasteiger partial charge in [0.15, 0.2) is 11.4 Å². The number of nitrogens with two attached hydrogens (primary N) is 1. The van der Waals surface area contributed by atoms with Crippen molar-refractivity contribution in [2.75, 3.05) is 18.5 Å². The summed E-state index contributed by atoms with van der Waals surface area (Å²) in [4.78, 5) is 32.7. The molecule has 4 heterocycles. The minimum atomic E-state index is -0.724. The van der Waals surface area contributed by atoms with Crippen LogP contribution in [0.2, 0.25) is 0 Å². The highest BCUT2D eigenvalue weighted by Crippen LogP contribution is 2.25. The van der Waals surface area contributed by atoms with Gasteiger partial charge in [-0.3, -0.25) is 19.3 Å². The number of hydrogen-bond acceptors (Lipinski definition) is 7. The van der Waals surface area contributed by atoms with Crippen molar-refractivity contribution in [1.29, 1.82) is 0 Å². The molecule has 3 N–H and O–H groups in total. The average molecular weight is 396 g/mol. The maximum atomic E-state index is 12.6. The standard InChI is InChI=1S/C19H20N6O4/c1-11-6-12(8-21-7-11)19-23-15(10-29-19)18(27)22-14-9-25(24-16(14)17(20)26)13-2-4-28-5-3-13/h6-10,13H,2-5H2,1H3,(H2,20,26)(H,22,27). The minimum absolute atomic E-state index is 0.00329. The number of ether oxygens (including phenoxy) is 1. The molecular formula is C19H20N6O4. The average Bonchev–Trinajstić information content (AvgIpc) is 3.36. The number of carbonyl (C=O) groups excluding carboxylic acids is 2. The van der Waals surface area contributed by atoms with Crippen molar-refractivity contribution < 1.29 is 18.7 Å². The summed E-state index contributed by atoms with van der Waals surface area (Å²) >= 11 is 0. The van der Waals surface area contributed by atoms with E-state index in [2.05, 4.69) is 20.4 Å². The first-order valence-corrected chi connectivity index (χ1v) is 9.17. The first-order chi connectivity index (χ1) is 14.0. The number of oxazole rings is 1. The van der Waals surface area contributed by atoms with Gasteiger partial charge in [-0.15, -0.1) is 0 Å². The Kier molecular flexibility index (Phi) is 5.09. The molecule has 1 aliphatic rings. The summed E-state index contributed by atoms with van der Waals surface area (Å²) in [7, 11) is 0. The lowest BCUT2D eigenvalue weighted by Crippen LogP contribution is -2.21. The van der Waals surface area contributed by atoms with Gasteiger partial charge < -0.3 is 20.2 Å². The number of primary amides is 1. The fraction of sp³-hybridized carbons (Fsp3) is 0.316. The van der Waals surface area contributed by atoms with E-state index >= 15 is 0 Å². The molecule has 10 nitrogen and oxygen atoms in total. The molecule has 2 amide bonds. The van der Waals surface area contributed by atoms with Crippen molar-refractivity contribution in [1.82, 2.24) is 19.7 Å². The maximum absolute atomic E-state index is 12.6. The molecule has 1 fully saturated rings. The third-order valence-corrected chi connectivity index (χ3v) is 4.64. The number of anilines is 1. The molecule has 0 aliphatic carbocycles. The van der Waals surface area contributed by atoms with Crippen LogP contribution in [0.3, 0.4) is 0 Å². The Labute approximate surface area is 166 Å². The molecule has 0 radical (unpaired) electrons. The lowest BCUT2D eigenvalue weighted by Gasteiger charge is -2.22. The number of nitrogens with one attached hydrogen (secondary N) is 1. The van der Waals surface area contributed by atoms with Crippen LogP contribution in [-0.2, 0) is 4.74 Å². The Morgan fingerprint density at radius 1 is 1.28 bits per heavy atom. The van der Waals surface area contributed by atoms with Crippen molar-refractivity contribution >= 4 is 17.5 Å². The molecule has 150 valence electrons. The SMILES string of the molecule is Cc1cncc(-c2nc(C(=O)Nc3cn(C4CCOCC4)nc3C(N)=O)co2)c1. The monoisotopic (exact) mass is 396 g/mol. The smallest absolute Gasteiger partial charge is 0.277 e. The van der Waals surface area contributed by atoms with Crippen molar-refractivity contribution in [3.05, 3.63) is 47.9 Å². The number of aryl methyl sites for hydroxylation is 1. The Morgan fingerprint density at radius 3 is 2.79 bits per heavy atom. The second-order valence-corrected chi connectivity index (χ2v) is 6.82. The van der Waals surface area contributed by atoms with Crippen LogP contribution in [0, 0.1) is 6.92 Å². The van der Waals surface area contributed by atoms with Crippen LogP contribution in [0.25, 0.3) is 11.5 Å². The molecule has 0 saturated carbocycles. The van der Waals surface area contributed by atoms with E-state index in [1.165, 1.54) is 6.26 Å². The normalized spacial score (nSPS) is 14.7. The molecule has 1 aliphatic heterocycles. The van der Waals surface area contributed by atoms with E-state index in [-0.39, 0.29) is 29.0 Å². The number of amides is 2. The largest absolute Gasteiger partial charge is 0.444 e. The second kappa shape index (κ2) is 7.84. The third kappa shape index (κ3) is 4.02. The summed E-state index contributed by atoms with van der Waals surface area (Å²) in [5.74, 6) is -0.980. The highest BCUT2D eigenvalue weighted by Gasteiger charge is 2.23. The Hall–Kier alpha value is -3.53. The van der Waals surface area contributed by atoms with Gasteiger partial charge in [-0.2, -0.15) is 5.10 Å². The molecule has 0 spiro atoms. The molecule has 10 heteroatoms. The highest BCUT2D eigenvalue weighted by molar-refractivity contribution is 6.07. The van der Waals surface area contributed by atoms with Crippen molar-refractivity contribution in [3.8, 4) is 11.5 Å². The van der Waals surface area contributed by atoms with Crippen molar-refractivity contribution in [2.45, 2.75) is 25.8 Å². The van der Waals surface area contributed by atoms with Crippen LogP contribution in [0.5, 0.6) is 0 Å². The third-order valence-electron chi connectivity index (χ3n) is 4.64. The summed E-state index contributed by atoms with van der Waals surface area (Å²) in [5, 5.41) is 6.91. The van der Waals surface area contributed by atoms with Gasteiger partial charge in [0.1, 0.15) is 6.26 Å². The zero-order valence-corrected chi connectivity index (χ0v) is 15.8. The van der Waals surface area contributed by atoms with Crippen molar-refractivity contribution in [2.24, 2.45) is 5.73 Å². The van der Waals surface area contributed by atoms with E-state index in [9.17, 15) is 9.59 Å². The van der Waals surface area contributed by atoms with E-state index in [4.69, 9.17) is 14.9 Å². The van der Waals surface area contributed by atoms with E-state index < -0.39 is 11.8 Å². The molecule has 29 heavy (non-hydrogen) atoms. The second-order valence-electron chi connectivity index (χ2n) is 6.82. The van der Waals surface area contributed by atoms with Gasteiger partial charge >= 0.3 is 0 Å². The zero-order chi connectivity index (χ0) is 20.4. The Bertz CT molecular complexity index is 1050. The quantitative estimate of drug-likeness (QED) is 0.672. The van der Waals surface area contributed by atoms with E-state index in [0.717, 1.165) is 18.4 Å². The summed E-state index contributed by atoms with van der Waals surface area (Å²) in [5.41, 5.74) is 7.33. The van der Waals surface area contributed by atoms with Crippen LogP contribution < -0.4 is 11.1 Å². The first-order valence-electron chi connectivity index (χ1n) is 9.17. The van der Waals surface area contributed by atoms with Crippen molar-refractivity contribution in [3.63, 3.8) is 0 Å². The number of carbonyl (C=O) groups is 2. The highest BCUT2D eigenvalue weighted by atomic mass is 16.5. The predicted molar refractivity (Wildman–Crippen MR) is 102 cm³/mol. The fourth-order valence-electron chi connectivity index (χ4n) is 3.17. The zero-order valence-electron chi connectivity index (χ0n) is 15.8. The molecule has 4 rings (SSSR count). The Morgan fingerprint density at radius 2 is 2.07 bits per heavy atom. The van der Waals surface area contributed by atoms with Gasteiger partial charge in [-0.1, -0.05) is 0 Å². The molecule has 1 saturated heterocycles. The molecule has 0 aromatic carbocycles. The van der Waals surface area contributed by atoms with Crippen LogP contribution in [0.4, 0.5) is 5.69 Å². The van der Waals surface area contributed by atoms with Crippen LogP contribution >= 0.6 is 0 Å². The minimum Gasteiger partial charge on any atom is -0.444 e. The Balaban J connectivity index is 1.55. The van der Waals surface area contributed by atoms with Crippen LogP contribution in [-0.4, -0.2) is 44.8 Å². The fourth-order valence-corrected chi connectivity index (χ4v) is 3.17. The van der Waals surface area contributed by atoms with Gasteiger partial charge in [0, 0.05) is 31.8 Å². The summed E-state index contributed by atoms with van der Waals surface area (Å²) in [6.45, 7) is 3.13. The van der Waals surface area contributed by atoms with E-state index in [1.807, 2.05) is 13.0 Å². The number of pyridine rings is 1. The lowest BCUT2D eigenvalue weighted by molar-refractivity contribution is 0.0661. The van der Waals surface area contributed by atoms with Gasteiger partial charge in [-0.05, 0) is 31.4 Å². The molecule has 3 aromatic heterocycles. The number of nitrogens with zero attached hydrogens (tertiary/aromatic N) is 4. The maximum Gasteiger partial charge on any atom is 0.277 e. The van der Waals surface area contributed by atoms with Gasteiger partial charge in [0.05, 0.1) is 17.3 Å². The van der Waals surface area contributed by atoms with Gasteiger partial charge in [0.25, 0.3) is 11.8 Å². The van der Waals surface area contributed by atoms with E-state index in [0.29, 0.717) is 18.8 Å². The van der Waals surface area contributed by atoms with Crippen LogP contribution in [0.15, 0.2) is 35.3 Å². The number of aromatic nitrogens is 4. The first kappa shape index (κ1) is 18.8. The van der Waals surface area contributed by atoms with E-state index in [1.54, 1.807) is 23.3 Å². The van der Waals surface area contributed by atoms with Crippen LogP contribution in [0.1, 0.15) is 45.4 Å². The molecular weight excluding hydrogens is 376 g/mol. The summed E-state index contributed by atoms with van der Waals surface area (Å²) < 4.78 is 12.4. The molecule has 0 unspecified atom stereocenters. The number of hydrogen-bond donors (Lipinski definition) is 2. The predicted octanol–water partition coefficient (Wildman–Crippen LogP) is 1.94. The summed E-state index contributed by atoms with van der Waals surface area (Å²) in [6, 6.07) is 1.93. The van der Waals surface area contributed by atoms with Gasteiger partial charge in [0.2, 0.25) is 5.89 Å². The summed E-state index contributed by atoms with van der Waals surface area (Å²) in [6.07, 6.45) is 7.71. The molecule has 0 bridgehead atoms. The molecule has 3 aromatic rings. The lowest BCUT2D eigenvalue weighted by atomic mass is 10.1. The molecule has 0 atom stereocenters.